The maximum atomic E-state index is 12.0. The number of aliphatic hydroxyl groups is 1. The molecule has 100 valence electrons. The van der Waals surface area contributed by atoms with Crippen LogP contribution < -0.4 is 5.32 Å². The van der Waals surface area contributed by atoms with Crippen LogP contribution in [0.5, 0.6) is 0 Å². The van der Waals surface area contributed by atoms with Crippen molar-refractivity contribution >= 4 is 5.91 Å². The van der Waals surface area contributed by atoms with E-state index in [-0.39, 0.29) is 18.1 Å². The van der Waals surface area contributed by atoms with E-state index in [1.807, 2.05) is 4.90 Å². The molecule has 4 nitrogen and oxygen atoms in total. The van der Waals surface area contributed by atoms with Crippen molar-refractivity contribution in [2.45, 2.75) is 58.1 Å². The predicted molar refractivity (Wildman–Crippen MR) is 68.8 cm³/mol. The van der Waals surface area contributed by atoms with E-state index < -0.39 is 0 Å². The lowest BCUT2D eigenvalue weighted by molar-refractivity contribution is -0.134. The molecule has 0 radical (unpaired) electrons. The van der Waals surface area contributed by atoms with Crippen LogP contribution >= 0.6 is 0 Å². The zero-order chi connectivity index (χ0) is 12.7. The molecule has 0 saturated carbocycles. The van der Waals surface area contributed by atoms with Crippen LogP contribution in [-0.2, 0) is 4.79 Å². The molecule has 1 heterocycles. The first-order chi connectivity index (χ1) is 8.15. The highest BCUT2D eigenvalue weighted by Gasteiger charge is 2.26. The summed E-state index contributed by atoms with van der Waals surface area (Å²) in [5.74, 6) is 0.184. The van der Waals surface area contributed by atoms with Crippen LogP contribution in [0.25, 0.3) is 0 Å². The summed E-state index contributed by atoms with van der Waals surface area (Å²) in [4.78, 5) is 14.0. The standard InChI is InChI=1S/C13H26N2O2/c1-3-7-14-10-13(17)15-8-5-4-6-12(15)9-11(2)16/h11-12,14,16H,3-10H2,1-2H3. The average Bonchev–Trinajstić information content (AvgIpc) is 2.29. The highest BCUT2D eigenvalue weighted by Crippen LogP contribution is 2.20. The molecule has 1 amide bonds. The zero-order valence-electron chi connectivity index (χ0n) is 11.1. The van der Waals surface area contributed by atoms with Crippen molar-refractivity contribution in [1.29, 1.82) is 0 Å². The van der Waals surface area contributed by atoms with E-state index in [0.29, 0.717) is 13.0 Å². The number of hydrogen-bond acceptors (Lipinski definition) is 3. The molecule has 1 rings (SSSR count). The van der Waals surface area contributed by atoms with Gasteiger partial charge in [0, 0.05) is 12.6 Å². The lowest BCUT2D eigenvalue weighted by atomic mass is 9.97. The number of nitrogens with zero attached hydrogens (tertiary/aromatic N) is 1. The number of amides is 1. The van der Waals surface area contributed by atoms with Crippen molar-refractivity contribution in [3.8, 4) is 0 Å². The number of likely N-dealkylation sites (tertiary alicyclic amines) is 1. The molecule has 1 aliphatic rings. The van der Waals surface area contributed by atoms with E-state index in [1.165, 1.54) is 6.42 Å². The third-order valence-corrected chi connectivity index (χ3v) is 3.26. The Kier molecular flexibility index (Phi) is 6.52. The number of carbonyl (C=O) groups is 1. The van der Waals surface area contributed by atoms with Crippen molar-refractivity contribution in [2.75, 3.05) is 19.6 Å². The van der Waals surface area contributed by atoms with Crippen molar-refractivity contribution in [2.24, 2.45) is 0 Å². The monoisotopic (exact) mass is 242 g/mol. The van der Waals surface area contributed by atoms with Gasteiger partial charge in [-0.25, -0.2) is 0 Å². The number of piperidine rings is 1. The second kappa shape index (κ2) is 7.67. The summed E-state index contributed by atoms with van der Waals surface area (Å²) >= 11 is 0. The smallest absolute Gasteiger partial charge is 0.236 e. The molecular formula is C13H26N2O2. The number of hydrogen-bond donors (Lipinski definition) is 2. The van der Waals surface area contributed by atoms with E-state index in [2.05, 4.69) is 12.2 Å². The van der Waals surface area contributed by atoms with E-state index >= 15 is 0 Å². The van der Waals surface area contributed by atoms with Gasteiger partial charge in [0.1, 0.15) is 0 Å². The van der Waals surface area contributed by atoms with Gasteiger partial charge in [-0.15, -0.1) is 0 Å². The average molecular weight is 242 g/mol. The van der Waals surface area contributed by atoms with Gasteiger partial charge in [0.2, 0.25) is 5.91 Å². The Morgan fingerprint density at radius 3 is 2.94 bits per heavy atom. The minimum Gasteiger partial charge on any atom is -0.393 e. The van der Waals surface area contributed by atoms with Gasteiger partial charge >= 0.3 is 0 Å². The molecule has 2 N–H and O–H groups in total. The van der Waals surface area contributed by atoms with Gasteiger partial charge in [0.05, 0.1) is 12.6 Å². The predicted octanol–water partition coefficient (Wildman–Crippen LogP) is 1.14. The second-order valence-corrected chi connectivity index (χ2v) is 5.00. The highest BCUT2D eigenvalue weighted by atomic mass is 16.3. The summed E-state index contributed by atoms with van der Waals surface area (Å²) in [5.41, 5.74) is 0. The molecule has 0 aliphatic carbocycles. The lowest BCUT2D eigenvalue weighted by Gasteiger charge is -2.36. The summed E-state index contributed by atoms with van der Waals surface area (Å²) < 4.78 is 0. The molecule has 0 spiro atoms. The normalized spacial score (nSPS) is 22.5. The van der Waals surface area contributed by atoms with Crippen LogP contribution in [0.1, 0.15) is 46.0 Å². The van der Waals surface area contributed by atoms with Crippen LogP contribution in [0.4, 0.5) is 0 Å². The Bertz CT molecular complexity index is 231. The summed E-state index contributed by atoms with van der Waals surface area (Å²) in [5, 5.41) is 12.6. The highest BCUT2D eigenvalue weighted by molar-refractivity contribution is 5.78. The van der Waals surface area contributed by atoms with E-state index in [0.717, 1.165) is 32.4 Å². The van der Waals surface area contributed by atoms with Gasteiger partial charge in [-0.2, -0.15) is 0 Å². The van der Waals surface area contributed by atoms with Gasteiger partial charge in [-0.1, -0.05) is 6.92 Å². The van der Waals surface area contributed by atoms with Crippen LogP contribution in [-0.4, -0.2) is 47.7 Å². The zero-order valence-corrected chi connectivity index (χ0v) is 11.1. The summed E-state index contributed by atoms with van der Waals surface area (Å²) in [6.45, 7) is 6.07. The van der Waals surface area contributed by atoms with E-state index in [9.17, 15) is 9.90 Å². The molecule has 0 aromatic rings. The Morgan fingerprint density at radius 1 is 1.53 bits per heavy atom. The first-order valence-corrected chi connectivity index (χ1v) is 6.83. The van der Waals surface area contributed by atoms with Gasteiger partial charge in [-0.3, -0.25) is 4.79 Å². The number of aliphatic hydroxyl groups excluding tert-OH is 1. The fraction of sp³-hybridized carbons (Fsp3) is 0.923. The van der Waals surface area contributed by atoms with Crippen LogP contribution in [0.15, 0.2) is 0 Å². The Hall–Kier alpha value is -0.610. The molecule has 0 bridgehead atoms. The molecule has 2 unspecified atom stereocenters. The Morgan fingerprint density at radius 2 is 2.29 bits per heavy atom. The molecular weight excluding hydrogens is 216 g/mol. The number of nitrogens with one attached hydrogen (secondary N) is 1. The molecule has 17 heavy (non-hydrogen) atoms. The lowest BCUT2D eigenvalue weighted by Crippen LogP contribution is -2.48. The SMILES string of the molecule is CCCNCC(=O)N1CCCCC1CC(C)O. The van der Waals surface area contributed by atoms with Crippen molar-refractivity contribution < 1.29 is 9.90 Å². The van der Waals surface area contributed by atoms with Crippen molar-refractivity contribution in [3.63, 3.8) is 0 Å². The molecule has 0 aromatic carbocycles. The minimum atomic E-state index is -0.322. The topological polar surface area (TPSA) is 52.6 Å². The van der Waals surface area contributed by atoms with E-state index in [1.54, 1.807) is 6.92 Å². The molecule has 2 atom stereocenters. The molecule has 4 heteroatoms. The van der Waals surface area contributed by atoms with Gasteiger partial charge < -0.3 is 15.3 Å². The third kappa shape index (κ3) is 5.04. The maximum Gasteiger partial charge on any atom is 0.236 e. The Labute approximate surface area is 104 Å². The van der Waals surface area contributed by atoms with Crippen LogP contribution in [0.2, 0.25) is 0 Å². The summed E-state index contributed by atoms with van der Waals surface area (Å²) in [6, 6.07) is 0.236. The van der Waals surface area contributed by atoms with Crippen molar-refractivity contribution in [3.05, 3.63) is 0 Å². The molecule has 1 aliphatic heterocycles. The molecule has 0 aromatic heterocycles. The van der Waals surface area contributed by atoms with Crippen LogP contribution in [0, 0.1) is 0 Å². The van der Waals surface area contributed by atoms with E-state index in [4.69, 9.17) is 0 Å². The van der Waals surface area contributed by atoms with Crippen LogP contribution in [0.3, 0.4) is 0 Å². The second-order valence-electron chi connectivity index (χ2n) is 5.00. The Balaban J connectivity index is 2.43. The fourth-order valence-corrected chi connectivity index (χ4v) is 2.44. The number of carbonyl (C=O) groups excluding carboxylic acids is 1. The first kappa shape index (κ1) is 14.5. The maximum absolute atomic E-state index is 12.0. The van der Waals surface area contributed by atoms with Gasteiger partial charge in [-0.05, 0) is 45.6 Å². The molecule has 1 saturated heterocycles. The molecule has 1 fully saturated rings. The largest absolute Gasteiger partial charge is 0.393 e. The van der Waals surface area contributed by atoms with Crippen molar-refractivity contribution in [1.82, 2.24) is 10.2 Å². The minimum absolute atomic E-state index is 0.184. The number of rotatable bonds is 6. The third-order valence-electron chi connectivity index (χ3n) is 3.26. The first-order valence-electron chi connectivity index (χ1n) is 6.83. The summed E-state index contributed by atoms with van der Waals surface area (Å²) in [7, 11) is 0. The van der Waals surface area contributed by atoms with Gasteiger partial charge in [0.15, 0.2) is 0 Å². The fourth-order valence-electron chi connectivity index (χ4n) is 2.44. The van der Waals surface area contributed by atoms with Gasteiger partial charge in [0.25, 0.3) is 0 Å². The summed E-state index contributed by atoms with van der Waals surface area (Å²) in [6.07, 6.45) is 4.73. The quantitative estimate of drug-likeness (QED) is 0.687.